The number of halogens is 1. The Morgan fingerprint density at radius 2 is 2.16 bits per heavy atom. The highest BCUT2D eigenvalue weighted by Crippen LogP contribution is 2.37. The van der Waals surface area contributed by atoms with E-state index in [1.807, 2.05) is 6.20 Å². The maximum Gasteiger partial charge on any atom is 0.129 e. The summed E-state index contributed by atoms with van der Waals surface area (Å²) in [4.78, 5) is 7.06. The lowest BCUT2D eigenvalue weighted by Gasteiger charge is -2.24. The quantitative estimate of drug-likeness (QED) is 0.831. The molecule has 0 unspecified atom stereocenters. The maximum absolute atomic E-state index is 6.23. The number of aromatic nitrogens is 1. The van der Waals surface area contributed by atoms with E-state index in [2.05, 4.69) is 28.2 Å². The van der Waals surface area contributed by atoms with Gasteiger partial charge in [-0.1, -0.05) is 18.5 Å². The molecule has 0 bridgehead atoms. The van der Waals surface area contributed by atoms with Gasteiger partial charge in [-0.05, 0) is 49.8 Å². The van der Waals surface area contributed by atoms with E-state index in [-0.39, 0.29) is 0 Å². The predicted octanol–water partition coefficient (Wildman–Crippen LogP) is 3.22. The molecule has 2 saturated carbocycles. The molecular weight excluding hydrogens is 258 g/mol. The first kappa shape index (κ1) is 13.2. The largest absolute Gasteiger partial charge is 0.353 e. The molecule has 0 radical (unpaired) electrons. The molecule has 0 saturated heterocycles. The van der Waals surface area contributed by atoms with E-state index in [0.717, 1.165) is 41.5 Å². The first-order valence-corrected chi connectivity index (χ1v) is 7.77. The van der Waals surface area contributed by atoms with Crippen molar-refractivity contribution in [1.82, 2.24) is 10.3 Å². The van der Waals surface area contributed by atoms with Crippen molar-refractivity contribution < 1.29 is 0 Å². The molecule has 0 amide bonds. The summed E-state index contributed by atoms with van der Waals surface area (Å²) in [6.45, 7) is 5.08. The van der Waals surface area contributed by atoms with Crippen molar-refractivity contribution in [3.8, 4) is 0 Å². The van der Waals surface area contributed by atoms with E-state index in [0.29, 0.717) is 0 Å². The fourth-order valence-electron chi connectivity index (χ4n) is 2.41. The Balaban J connectivity index is 1.76. The fourth-order valence-corrected chi connectivity index (χ4v) is 2.58. The lowest BCUT2D eigenvalue weighted by Crippen LogP contribution is -2.29. The zero-order valence-corrected chi connectivity index (χ0v) is 12.3. The maximum atomic E-state index is 6.23. The lowest BCUT2D eigenvalue weighted by molar-refractivity contribution is 0.702. The van der Waals surface area contributed by atoms with Gasteiger partial charge in [0.15, 0.2) is 0 Å². The summed E-state index contributed by atoms with van der Waals surface area (Å²) in [7, 11) is 0. The highest BCUT2D eigenvalue weighted by atomic mass is 35.5. The van der Waals surface area contributed by atoms with Crippen molar-refractivity contribution >= 4 is 17.4 Å². The van der Waals surface area contributed by atoms with Gasteiger partial charge in [0.2, 0.25) is 0 Å². The molecule has 2 aliphatic carbocycles. The number of hydrogen-bond acceptors (Lipinski definition) is 3. The minimum absolute atomic E-state index is 0.723. The molecule has 0 aliphatic heterocycles. The van der Waals surface area contributed by atoms with Gasteiger partial charge in [0, 0.05) is 25.3 Å². The van der Waals surface area contributed by atoms with Gasteiger partial charge in [0.25, 0.3) is 0 Å². The van der Waals surface area contributed by atoms with Gasteiger partial charge in [-0.3, -0.25) is 0 Å². The van der Waals surface area contributed by atoms with Crippen LogP contribution >= 0.6 is 11.6 Å². The van der Waals surface area contributed by atoms with E-state index >= 15 is 0 Å². The van der Waals surface area contributed by atoms with E-state index < -0.39 is 0 Å². The molecule has 0 aromatic carbocycles. The summed E-state index contributed by atoms with van der Waals surface area (Å²) >= 11 is 6.23. The van der Waals surface area contributed by atoms with E-state index in [1.165, 1.54) is 32.2 Å². The molecule has 1 N–H and O–H groups in total. The van der Waals surface area contributed by atoms with E-state index in [4.69, 9.17) is 11.6 Å². The minimum Gasteiger partial charge on any atom is -0.353 e. The van der Waals surface area contributed by atoms with Crippen LogP contribution in [0.3, 0.4) is 0 Å². The van der Waals surface area contributed by atoms with Crippen LogP contribution in [0.4, 0.5) is 5.82 Å². The van der Waals surface area contributed by atoms with Gasteiger partial charge in [0.05, 0.1) is 5.02 Å². The van der Waals surface area contributed by atoms with Crippen LogP contribution in [0, 0.1) is 5.92 Å². The molecule has 4 heteroatoms. The third kappa shape index (κ3) is 3.40. The second-order valence-corrected chi connectivity index (χ2v) is 6.15. The Morgan fingerprint density at radius 1 is 1.37 bits per heavy atom. The average Bonchev–Trinajstić information content (AvgIpc) is 3.27. The molecule has 2 aliphatic rings. The van der Waals surface area contributed by atoms with Gasteiger partial charge in [0.1, 0.15) is 5.82 Å². The Hall–Kier alpha value is -0.800. The topological polar surface area (TPSA) is 28.2 Å². The summed E-state index contributed by atoms with van der Waals surface area (Å²) in [5.41, 5.74) is 1.16. The fraction of sp³-hybridized carbons (Fsp3) is 0.667. The molecule has 2 fully saturated rings. The van der Waals surface area contributed by atoms with E-state index in [1.54, 1.807) is 0 Å². The van der Waals surface area contributed by atoms with Gasteiger partial charge < -0.3 is 10.2 Å². The van der Waals surface area contributed by atoms with Crippen LogP contribution in [0.5, 0.6) is 0 Å². The molecule has 1 aromatic rings. The third-order valence-electron chi connectivity index (χ3n) is 3.92. The van der Waals surface area contributed by atoms with Crippen LogP contribution in [0.2, 0.25) is 5.02 Å². The van der Waals surface area contributed by atoms with Crippen molar-refractivity contribution in [1.29, 1.82) is 0 Å². The van der Waals surface area contributed by atoms with Gasteiger partial charge in [-0.15, -0.1) is 0 Å². The second kappa shape index (κ2) is 5.68. The monoisotopic (exact) mass is 279 g/mol. The summed E-state index contributed by atoms with van der Waals surface area (Å²) in [5, 5.41) is 4.11. The SMILES string of the molecule is CCNCc1cc(N(CC2CC2)C2CC2)ncc1Cl. The summed E-state index contributed by atoms with van der Waals surface area (Å²) in [5.74, 6) is 2.02. The Morgan fingerprint density at radius 3 is 2.79 bits per heavy atom. The average molecular weight is 280 g/mol. The molecular formula is C15H22ClN3. The van der Waals surface area contributed by atoms with Crippen molar-refractivity contribution in [3.63, 3.8) is 0 Å². The van der Waals surface area contributed by atoms with Gasteiger partial charge >= 0.3 is 0 Å². The van der Waals surface area contributed by atoms with Crippen LogP contribution < -0.4 is 10.2 Å². The molecule has 1 aromatic heterocycles. The summed E-state index contributed by atoms with van der Waals surface area (Å²) in [6.07, 6.45) is 7.23. The highest BCUT2D eigenvalue weighted by molar-refractivity contribution is 6.31. The first-order chi connectivity index (χ1) is 9.28. The molecule has 19 heavy (non-hydrogen) atoms. The minimum atomic E-state index is 0.723. The molecule has 0 atom stereocenters. The molecule has 0 spiro atoms. The number of rotatable bonds is 7. The predicted molar refractivity (Wildman–Crippen MR) is 79.7 cm³/mol. The number of hydrogen-bond donors (Lipinski definition) is 1. The molecule has 3 nitrogen and oxygen atoms in total. The molecule has 3 rings (SSSR count). The zero-order valence-electron chi connectivity index (χ0n) is 11.5. The molecule has 1 heterocycles. The summed E-state index contributed by atoms with van der Waals surface area (Å²) in [6, 6.07) is 2.90. The number of nitrogens with zero attached hydrogens (tertiary/aromatic N) is 2. The second-order valence-electron chi connectivity index (χ2n) is 5.74. The lowest BCUT2D eigenvalue weighted by atomic mass is 10.2. The summed E-state index contributed by atoms with van der Waals surface area (Å²) < 4.78 is 0. The number of pyridine rings is 1. The van der Waals surface area contributed by atoms with Gasteiger partial charge in [-0.25, -0.2) is 4.98 Å². The van der Waals surface area contributed by atoms with Crippen molar-refractivity contribution in [3.05, 3.63) is 22.8 Å². The smallest absolute Gasteiger partial charge is 0.129 e. The number of nitrogens with one attached hydrogen (secondary N) is 1. The Kier molecular flexibility index (Phi) is 3.94. The standard InChI is InChI=1S/C15H22ClN3/c1-2-17-8-12-7-15(18-9-14(12)16)19(13-5-6-13)10-11-3-4-11/h7,9,11,13,17H,2-6,8,10H2,1H3. The Bertz CT molecular complexity index is 441. The highest BCUT2D eigenvalue weighted by Gasteiger charge is 2.34. The first-order valence-electron chi connectivity index (χ1n) is 7.39. The van der Waals surface area contributed by atoms with E-state index in [9.17, 15) is 0 Å². The van der Waals surface area contributed by atoms with Crippen LogP contribution in [0.1, 0.15) is 38.2 Å². The van der Waals surface area contributed by atoms with Crippen molar-refractivity contribution in [2.75, 3.05) is 18.0 Å². The van der Waals surface area contributed by atoms with Gasteiger partial charge in [-0.2, -0.15) is 0 Å². The van der Waals surface area contributed by atoms with Crippen molar-refractivity contribution in [2.45, 2.75) is 45.2 Å². The normalized spacial score (nSPS) is 18.6. The third-order valence-corrected chi connectivity index (χ3v) is 4.26. The van der Waals surface area contributed by atoms with Crippen LogP contribution in [-0.4, -0.2) is 24.1 Å². The zero-order chi connectivity index (χ0) is 13.2. The molecule has 104 valence electrons. The van der Waals surface area contributed by atoms with Crippen molar-refractivity contribution in [2.24, 2.45) is 5.92 Å². The van der Waals surface area contributed by atoms with Crippen LogP contribution in [0.15, 0.2) is 12.3 Å². The van der Waals surface area contributed by atoms with Crippen LogP contribution in [-0.2, 0) is 6.54 Å². The van der Waals surface area contributed by atoms with Crippen LogP contribution in [0.25, 0.3) is 0 Å². The Labute approximate surface area is 120 Å². The number of anilines is 1.